The predicted molar refractivity (Wildman–Crippen MR) is 102 cm³/mol. The van der Waals surface area contributed by atoms with Crippen molar-refractivity contribution in [3.63, 3.8) is 0 Å². The summed E-state index contributed by atoms with van der Waals surface area (Å²) in [5.41, 5.74) is 1.46. The zero-order valence-electron chi connectivity index (χ0n) is 14.7. The molecule has 5 heteroatoms. The van der Waals surface area contributed by atoms with Crippen molar-refractivity contribution in [3.8, 4) is 11.5 Å². The highest BCUT2D eigenvalue weighted by Gasteiger charge is 2.14. The van der Waals surface area contributed by atoms with Gasteiger partial charge in [-0.25, -0.2) is 0 Å². The van der Waals surface area contributed by atoms with Gasteiger partial charge in [-0.1, -0.05) is 48.9 Å². The SMILES string of the molecule is O=C1CCCCCN1CO.Oc1cccc(O)c1C=Cc1ccccc1. The zero-order valence-corrected chi connectivity index (χ0v) is 14.7. The third-order valence-electron chi connectivity index (χ3n) is 4.14. The minimum absolute atomic E-state index is 0.0761. The standard InChI is InChI=1S/C14H12O2.C7H13NO2/c15-13-7-4-8-14(16)12(13)10-9-11-5-2-1-3-6-11;9-6-8-5-3-1-2-4-7(8)10/h1-10,15-16H;9H,1-6H2. The lowest BCUT2D eigenvalue weighted by atomic mass is 10.1. The fourth-order valence-corrected chi connectivity index (χ4v) is 2.64. The van der Waals surface area contributed by atoms with E-state index in [1.54, 1.807) is 24.3 Å². The summed E-state index contributed by atoms with van der Waals surface area (Å²) in [5, 5.41) is 27.8. The van der Waals surface area contributed by atoms with E-state index in [0.29, 0.717) is 12.0 Å². The molecule has 0 saturated carbocycles. The van der Waals surface area contributed by atoms with Crippen LogP contribution in [0.2, 0.25) is 0 Å². The van der Waals surface area contributed by atoms with Crippen LogP contribution in [-0.4, -0.2) is 39.4 Å². The average Bonchev–Trinajstić information content (AvgIpc) is 2.86. The molecule has 0 atom stereocenters. The second kappa shape index (κ2) is 10.3. The number of nitrogens with zero attached hydrogens (tertiary/aromatic N) is 1. The van der Waals surface area contributed by atoms with Gasteiger partial charge in [-0.3, -0.25) is 4.79 Å². The molecular weight excluding hydrogens is 330 g/mol. The van der Waals surface area contributed by atoms with Crippen LogP contribution in [0.15, 0.2) is 48.5 Å². The van der Waals surface area contributed by atoms with E-state index in [1.807, 2.05) is 36.4 Å². The van der Waals surface area contributed by atoms with Crippen molar-refractivity contribution in [1.82, 2.24) is 4.90 Å². The number of carbonyl (C=O) groups is 1. The molecule has 2 aromatic carbocycles. The van der Waals surface area contributed by atoms with Crippen molar-refractivity contribution in [2.45, 2.75) is 25.7 Å². The topological polar surface area (TPSA) is 81.0 Å². The first kappa shape index (κ1) is 19.5. The van der Waals surface area contributed by atoms with Gasteiger partial charge in [-0.05, 0) is 36.6 Å². The molecule has 1 aliphatic heterocycles. The number of phenols is 2. The minimum atomic E-state index is -0.112. The number of carbonyl (C=O) groups excluding carboxylic acids is 1. The Bertz CT molecular complexity index is 708. The van der Waals surface area contributed by atoms with Crippen molar-refractivity contribution in [2.24, 2.45) is 0 Å². The fraction of sp³-hybridized carbons (Fsp3) is 0.286. The second-order valence-corrected chi connectivity index (χ2v) is 6.06. The highest BCUT2D eigenvalue weighted by molar-refractivity contribution is 5.76. The Morgan fingerprint density at radius 3 is 2.23 bits per heavy atom. The molecule has 1 saturated heterocycles. The van der Waals surface area contributed by atoms with E-state index in [4.69, 9.17) is 5.11 Å². The van der Waals surface area contributed by atoms with Crippen LogP contribution in [0, 0.1) is 0 Å². The molecule has 0 unspecified atom stereocenters. The molecule has 0 aliphatic carbocycles. The fourth-order valence-electron chi connectivity index (χ4n) is 2.64. The summed E-state index contributed by atoms with van der Waals surface area (Å²) in [5.74, 6) is 0.249. The monoisotopic (exact) mass is 355 g/mol. The van der Waals surface area contributed by atoms with Gasteiger partial charge >= 0.3 is 0 Å². The molecule has 26 heavy (non-hydrogen) atoms. The van der Waals surface area contributed by atoms with Crippen molar-refractivity contribution >= 4 is 18.1 Å². The normalized spacial score (nSPS) is 14.7. The number of rotatable bonds is 3. The molecule has 1 aliphatic rings. The molecule has 3 rings (SSSR count). The quantitative estimate of drug-likeness (QED) is 0.735. The van der Waals surface area contributed by atoms with Gasteiger partial charge in [-0.15, -0.1) is 0 Å². The second-order valence-electron chi connectivity index (χ2n) is 6.06. The predicted octanol–water partition coefficient (Wildman–Crippen LogP) is 3.61. The number of likely N-dealkylation sites (tertiary alicyclic amines) is 1. The smallest absolute Gasteiger partial charge is 0.224 e. The van der Waals surface area contributed by atoms with Crippen LogP contribution < -0.4 is 0 Å². The summed E-state index contributed by atoms with van der Waals surface area (Å²) in [6.45, 7) is 0.619. The summed E-state index contributed by atoms with van der Waals surface area (Å²) in [6, 6.07) is 14.4. The molecule has 1 heterocycles. The van der Waals surface area contributed by atoms with Crippen LogP contribution in [0.3, 0.4) is 0 Å². The average molecular weight is 355 g/mol. The molecule has 0 bridgehead atoms. The van der Waals surface area contributed by atoms with E-state index in [0.717, 1.165) is 31.4 Å². The van der Waals surface area contributed by atoms with Gasteiger partial charge in [0.1, 0.15) is 18.2 Å². The Balaban J connectivity index is 0.000000209. The number of aliphatic hydroxyl groups is 1. The van der Waals surface area contributed by atoms with E-state index in [9.17, 15) is 15.0 Å². The van der Waals surface area contributed by atoms with Crippen molar-refractivity contribution < 1.29 is 20.1 Å². The molecule has 1 fully saturated rings. The Hall–Kier alpha value is -2.79. The van der Waals surface area contributed by atoms with Crippen molar-refractivity contribution in [2.75, 3.05) is 13.3 Å². The number of amides is 1. The van der Waals surface area contributed by atoms with Gasteiger partial charge in [0.2, 0.25) is 5.91 Å². The number of hydrogen-bond acceptors (Lipinski definition) is 4. The Labute approximate surface area is 153 Å². The summed E-state index contributed by atoms with van der Waals surface area (Å²) in [7, 11) is 0. The molecule has 0 spiro atoms. The van der Waals surface area contributed by atoms with E-state index in [1.165, 1.54) is 4.90 Å². The minimum Gasteiger partial charge on any atom is -0.507 e. The van der Waals surface area contributed by atoms with Gasteiger partial charge in [0.15, 0.2) is 0 Å². The van der Waals surface area contributed by atoms with E-state index in [2.05, 4.69) is 0 Å². The lowest BCUT2D eigenvalue weighted by molar-refractivity contribution is -0.134. The first-order valence-corrected chi connectivity index (χ1v) is 8.74. The van der Waals surface area contributed by atoms with E-state index in [-0.39, 0.29) is 24.1 Å². The maximum atomic E-state index is 11.0. The van der Waals surface area contributed by atoms with E-state index < -0.39 is 0 Å². The first-order chi connectivity index (χ1) is 12.6. The molecule has 3 N–H and O–H groups in total. The van der Waals surface area contributed by atoms with Crippen LogP contribution >= 0.6 is 0 Å². The van der Waals surface area contributed by atoms with Gasteiger partial charge in [0, 0.05) is 13.0 Å². The maximum absolute atomic E-state index is 11.0. The molecule has 0 aromatic heterocycles. The molecule has 138 valence electrons. The molecule has 0 radical (unpaired) electrons. The first-order valence-electron chi connectivity index (χ1n) is 8.74. The number of aromatic hydroxyl groups is 2. The Morgan fingerprint density at radius 1 is 0.885 bits per heavy atom. The number of phenolic OH excluding ortho intramolecular Hbond substituents is 2. The zero-order chi connectivity index (χ0) is 18.8. The van der Waals surface area contributed by atoms with Crippen molar-refractivity contribution in [3.05, 3.63) is 59.7 Å². The van der Waals surface area contributed by atoms with E-state index >= 15 is 0 Å². The highest BCUT2D eigenvalue weighted by Crippen LogP contribution is 2.28. The van der Waals surface area contributed by atoms with Gasteiger partial charge < -0.3 is 20.2 Å². The third-order valence-corrected chi connectivity index (χ3v) is 4.14. The Kier molecular flexibility index (Phi) is 7.71. The van der Waals surface area contributed by atoms with Crippen LogP contribution in [-0.2, 0) is 4.79 Å². The lowest BCUT2D eigenvalue weighted by Crippen LogP contribution is -2.30. The lowest BCUT2D eigenvalue weighted by Gasteiger charge is -2.15. The highest BCUT2D eigenvalue weighted by atomic mass is 16.3. The Morgan fingerprint density at radius 2 is 1.58 bits per heavy atom. The summed E-state index contributed by atoms with van der Waals surface area (Å²) in [6.07, 6.45) is 7.28. The van der Waals surface area contributed by atoms with Crippen LogP contribution in [0.25, 0.3) is 12.2 Å². The van der Waals surface area contributed by atoms with Gasteiger partial charge in [0.05, 0.1) is 5.56 Å². The van der Waals surface area contributed by atoms with Crippen molar-refractivity contribution in [1.29, 1.82) is 0 Å². The molecule has 1 amide bonds. The summed E-state index contributed by atoms with van der Waals surface area (Å²) >= 11 is 0. The third kappa shape index (κ3) is 5.93. The molecular formula is C21H25NO4. The van der Waals surface area contributed by atoms with Crippen LogP contribution in [0.5, 0.6) is 11.5 Å². The summed E-state index contributed by atoms with van der Waals surface area (Å²) < 4.78 is 0. The maximum Gasteiger partial charge on any atom is 0.224 e. The number of aliphatic hydroxyl groups excluding tert-OH is 1. The van der Waals surface area contributed by atoms with Gasteiger partial charge in [0.25, 0.3) is 0 Å². The van der Waals surface area contributed by atoms with Crippen LogP contribution in [0.1, 0.15) is 36.8 Å². The largest absolute Gasteiger partial charge is 0.507 e. The number of benzene rings is 2. The molecule has 5 nitrogen and oxygen atoms in total. The number of hydrogen-bond donors (Lipinski definition) is 3. The molecule has 2 aromatic rings. The van der Waals surface area contributed by atoms with Crippen LogP contribution in [0.4, 0.5) is 0 Å². The van der Waals surface area contributed by atoms with Gasteiger partial charge in [-0.2, -0.15) is 0 Å². The summed E-state index contributed by atoms with van der Waals surface area (Å²) in [4.78, 5) is 12.5.